The number of aryl methyl sites for hydroxylation is 2. The number of fused-ring (bicyclic) bond motifs is 1. The van der Waals surface area contributed by atoms with Gasteiger partial charge < -0.3 is 14.2 Å². The van der Waals surface area contributed by atoms with Crippen LogP contribution in [0, 0.1) is 19.7 Å². The molecule has 0 unspecified atom stereocenters. The van der Waals surface area contributed by atoms with Crippen LogP contribution in [-0.2, 0) is 6.67 Å². The van der Waals surface area contributed by atoms with E-state index in [0.717, 1.165) is 50.5 Å². The zero-order valence-corrected chi connectivity index (χ0v) is 30.5. The van der Waals surface area contributed by atoms with Gasteiger partial charge in [0, 0.05) is 41.4 Å². The van der Waals surface area contributed by atoms with Crippen molar-refractivity contribution in [2.75, 3.05) is 32.0 Å². The van der Waals surface area contributed by atoms with Crippen LogP contribution in [0.25, 0.3) is 33.2 Å². The van der Waals surface area contributed by atoms with Gasteiger partial charge in [0.1, 0.15) is 17.1 Å². The monoisotopic (exact) mass is 753 g/mol. The molecule has 0 spiro atoms. The Hall–Kier alpha value is -6.40. The van der Waals surface area contributed by atoms with Crippen molar-refractivity contribution in [1.29, 1.82) is 0 Å². The summed E-state index contributed by atoms with van der Waals surface area (Å²) in [7, 11) is 4.42. The molecule has 7 rings (SSSR count). The molecule has 0 saturated carbocycles. The van der Waals surface area contributed by atoms with Crippen LogP contribution in [0.2, 0.25) is 0 Å². The fraction of sp³-hybridized carbons (Fsp3) is 0.171. The molecular weight excluding hydrogens is 724 g/mol. The first-order chi connectivity index (χ1) is 25.6. The third-order valence-corrected chi connectivity index (χ3v) is 9.82. The lowest BCUT2D eigenvalue weighted by Crippen LogP contribution is -2.42. The van der Waals surface area contributed by atoms with Crippen LogP contribution in [0.1, 0.15) is 32.1 Å². The number of carbonyl (C=O) groups is 2. The molecule has 0 atom stereocenters. The van der Waals surface area contributed by atoms with E-state index in [2.05, 4.69) is 41.1 Å². The molecule has 2 N–H and O–H groups in total. The summed E-state index contributed by atoms with van der Waals surface area (Å²) in [6.45, 7) is 3.93. The van der Waals surface area contributed by atoms with E-state index < -0.39 is 17.6 Å². The van der Waals surface area contributed by atoms with Crippen LogP contribution >= 0.6 is 22.7 Å². The summed E-state index contributed by atoms with van der Waals surface area (Å²) in [6, 6.07) is 13.7. The van der Waals surface area contributed by atoms with E-state index in [0.29, 0.717) is 32.8 Å². The zero-order valence-electron chi connectivity index (χ0n) is 28.9. The molecule has 18 heteroatoms. The second-order valence-electron chi connectivity index (χ2n) is 11.6. The van der Waals surface area contributed by atoms with Crippen molar-refractivity contribution in [3.05, 3.63) is 95.5 Å². The molecule has 0 saturated heterocycles. The van der Waals surface area contributed by atoms with E-state index in [4.69, 9.17) is 14.2 Å². The van der Waals surface area contributed by atoms with E-state index in [1.807, 2.05) is 42.7 Å². The number of benzene rings is 2. The molecule has 0 radical (unpaired) electrons. The highest BCUT2D eigenvalue weighted by Gasteiger charge is 2.25. The fourth-order valence-corrected chi connectivity index (χ4v) is 6.71. The predicted octanol–water partition coefficient (Wildman–Crippen LogP) is 5.55. The molecule has 2 aromatic carbocycles. The SMILES string of the molecule is COc1ccc(F)c(-c2cc(C)[n+](Cn3ncc4cc(-c5cc(C)ncc5C(=O)Nc5nnc(OC)s5)ccc43)cc2C(=O)Nc2nnc(OC)s2)c1. The van der Waals surface area contributed by atoms with Crippen molar-refractivity contribution in [1.82, 2.24) is 35.2 Å². The van der Waals surface area contributed by atoms with Crippen molar-refractivity contribution in [2.45, 2.75) is 20.5 Å². The van der Waals surface area contributed by atoms with Crippen LogP contribution in [0.5, 0.6) is 16.1 Å². The largest absolute Gasteiger partial charge is 0.497 e. The second kappa shape index (κ2) is 14.7. The van der Waals surface area contributed by atoms with Crippen LogP contribution in [-0.4, -0.2) is 68.3 Å². The number of hydrogen-bond acceptors (Lipinski definition) is 13. The highest BCUT2D eigenvalue weighted by molar-refractivity contribution is 7.17. The van der Waals surface area contributed by atoms with Crippen molar-refractivity contribution in [3.8, 4) is 38.4 Å². The van der Waals surface area contributed by atoms with Crippen LogP contribution in [0.15, 0.2) is 67.1 Å². The van der Waals surface area contributed by atoms with Gasteiger partial charge in [0.25, 0.3) is 22.2 Å². The van der Waals surface area contributed by atoms with Crippen molar-refractivity contribution >= 4 is 55.7 Å². The van der Waals surface area contributed by atoms with Gasteiger partial charge in [-0.15, -0.1) is 10.2 Å². The summed E-state index contributed by atoms with van der Waals surface area (Å²) in [5, 5.41) is 27.8. The van der Waals surface area contributed by atoms with E-state index in [1.165, 1.54) is 39.7 Å². The fourth-order valence-electron chi connectivity index (χ4n) is 5.60. The number of rotatable bonds is 11. The molecule has 7 aromatic rings. The first kappa shape index (κ1) is 35.0. The number of methoxy groups -OCH3 is 3. The van der Waals surface area contributed by atoms with E-state index in [-0.39, 0.29) is 28.1 Å². The molecule has 0 aliphatic heterocycles. The highest BCUT2D eigenvalue weighted by atomic mass is 32.1. The molecule has 5 aromatic heterocycles. The number of aromatic nitrogens is 8. The first-order valence-electron chi connectivity index (χ1n) is 15.8. The minimum Gasteiger partial charge on any atom is -0.497 e. The van der Waals surface area contributed by atoms with Gasteiger partial charge in [-0.1, -0.05) is 16.3 Å². The summed E-state index contributed by atoms with van der Waals surface area (Å²) in [5.41, 5.74) is 4.81. The van der Waals surface area contributed by atoms with Crippen molar-refractivity contribution < 1.29 is 32.8 Å². The van der Waals surface area contributed by atoms with Gasteiger partial charge in [-0.25, -0.2) is 9.07 Å². The van der Waals surface area contributed by atoms with Crippen LogP contribution in [0.3, 0.4) is 0 Å². The Balaban J connectivity index is 1.23. The number of amides is 2. The summed E-state index contributed by atoms with van der Waals surface area (Å²) in [6.07, 6.45) is 4.91. The van der Waals surface area contributed by atoms with E-state index in [9.17, 15) is 9.59 Å². The molecule has 5 heterocycles. The maximum atomic E-state index is 15.3. The molecule has 0 bridgehead atoms. The summed E-state index contributed by atoms with van der Waals surface area (Å²) >= 11 is 2.17. The number of pyridine rings is 2. The average molecular weight is 754 g/mol. The third-order valence-electron chi connectivity index (χ3n) is 8.22. The molecule has 0 aliphatic rings. The minimum atomic E-state index is -0.525. The van der Waals surface area contributed by atoms with Crippen molar-refractivity contribution in [2.24, 2.45) is 0 Å². The quantitative estimate of drug-likeness (QED) is 0.159. The van der Waals surface area contributed by atoms with E-state index >= 15 is 4.39 Å². The van der Waals surface area contributed by atoms with Crippen LogP contribution < -0.4 is 29.4 Å². The minimum absolute atomic E-state index is 0.182. The van der Waals surface area contributed by atoms with E-state index in [1.54, 1.807) is 29.2 Å². The lowest BCUT2D eigenvalue weighted by atomic mass is 9.99. The number of ether oxygens (including phenoxy) is 3. The Bertz CT molecular complexity index is 2520. The normalized spacial score (nSPS) is 11.1. The zero-order chi connectivity index (χ0) is 37.2. The first-order valence-corrected chi connectivity index (χ1v) is 17.5. The van der Waals surface area contributed by atoms with Gasteiger partial charge in [0.2, 0.25) is 16.9 Å². The average Bonchev–Trinajstić information content (AvgIpc) is 3.92. The number of hydrogen-bond donors (Lipinski definition) is 2. The maximum absolute atomic E-state index is 15.3. The smallest absolute Gasteiger partial charge is 0.295 e. The number of carbonyl (C=O) groups excluding carboxylic acids is 2. The predicted molar refractivity (Wildman–Crippen MR) is 195 cm³/mol. The summed E-state index contributed by atoms with van der Waals surface area (Å²) in [5.74, 6) is -1.00. The topological polar surface area (TPSA) is 172 Å². The Labute approximate surface area is 309 Å². The third kappa shape index (κ3) is 7.22. The van der Waals surface area contributed by atoms with Gasteiger partial charge in [0.05, 0.1) is 38.6 Å². The Morgan fingerprint density at radius 2 is 1.49 bits per heavy atom. The lowest BCUT2D eigenvalue weighted by Gasteiger charge is -2.13. The number of nitrogens with one attached hydrogen (secondary N) is 2. The Morgan fingerprint density at radius 1 is 0.792 bits per heavy atom. The van der Waals surface area contributed by atoms with Crippen LogP contribution in [0.4, 0.5) is 14.7 Å². The molecule has 53 heavy (non-hydrogen) atoms. The number of halogens is 1. The highest BCUT2D eigenvalue weighted by Crippen LogP contribution is 2.32. The molecule has 0 aliphatic carbocycles. The van der Waals surface area contributed by atoms with Gasteiger partial charge in [-0.2, -0.15) is 9.67 Å². The number of nitrogens with zero attached hydrogens (tertiary/aromatic N) is 8. The summed E-state index contributed by atoms with van der Waals surface area (Å²) < 4.78 is 34.5. The van der Waals surface area contributed by atoms with Crippen molar-refractivity contribution in [3.63, 3.8) is 0 Å². The molecule has 2 amide bonds. The Morgan fingerprint density at radius 3 is 2.15 bits per heavy atom. The van der Waals surface area contributed by atoms with Gasteiger partial charge in [-0.05, 0) is 77.1 Å². The molecule has 15 nitrogen and oxygen atoms in total. The molecule has 268 valence electrons. The Kier molecular flexibility index (Phi) is 9.70. The second-order valence-corrected chi connectivity index (χ2v) is 13.4. The van der Waals surface area contributed by atoms with Gasteiger partial charge in [-0.3, -0.25) is 25.2 Å². The maximum Gasteiger partial charge on any atom is 0.295 e. The summed E-state index contributed by atoms with van der Waals surface area (Å²) in [4.78, 5) is 31.5. The van der Waals surface area contributed by atoms with Gasteiger partial charge >= 0.3 is 0 Å². The van der Waals surface area contributed by atoms with Gasteiger partial charge in [0.15, 0.2) is 11.9 Å². The lowest BCUT2D eigenvalue weighted by molar-refractivity contribution is -0.707. The standard InChI is InChI=1S/C35H29FN10O5S2/c1-18-10-23(26(15-37-18)30(47)39-32-41-43-34(50-4)52-32)20-6-9-29-21(12-20)14-38-46(29)17-45-16-27(31(48)40-33-42-44-35(51-5)53-33)24(11-19(45)2)25-13-22(49-3)7-8-28(25)36/h6-16H,17H2,1-5H3,(H-,39,40,41,42,47,48)/p+1. The number of anilines is 2. The molecular formula is C35H30FN10O5S2+. The molecule has 0 fully saturated rings.